The molecule has 0 heterocycles. The second-order valence-electron chi connectivity index (χ2n) is 3.36. The van der Waals surface area contributed by atoms with Crippen LogP contribution in [0, 0.1) is 10.1 Å². The Morgan fingerprint density at radius 1 is 1.44 bits per heavy atom. The molecule has 1 aromatic rings. The molecule has 7 nitrogen and oxygen atoms in total. The number of nitrogens with two attached hydrogens (primary N) is 1. The molecule has 0 atom stereocenters. The topological polar surface area (TPSA) is 108 Å². The van der Waals surface area contributed by atoms with Crippen molar-refractivity contribution >= 4 is 23.2 Å². The number of esters is 1. The maximum absolute atomic E-state index is 11.1. The number of non-ortho nitro benzene ring substituents is 1. The third-order valence-corrected chi connectivity index (χ3v) is 1.96. The number of hydrogen-bond donors (Lipinski definition) is 1. The lowest BCUT2D eigenvalue weighted by Gasteiger charge is -2.01. The number of carbonyl (C=O) groups excluding carboxylic acids is 1. The van der Waals surface area contributed by atoms with Crippen LogP contribution >= 0.6 is 0 Å². The molecule has 0 radical (unpaired) electrons. The maximum atomic E-state index is 11.1. The molecule has 0 aliphatic carbocycles. The molecule has 0 amide bonds. The number of carbonyl (C=O) groups is 1. The van der Waals surface area contributed by atoms with Gasteiger partial charge in [-0.25, -0.2) is 4.99 Å². The van der Waals surface area contributed by atoms with Crippen molar-refractivity contribution in [3.63, 3.8) is 0 Å². The average Bonchev–Trinajstić information content (AvgIpc) is 2.29. The van der Waals surface area contributed by atoms with Gasteiger partial charge in [0.05, 0.1) is 17.2 Å². The maximum Gasteiger partial charge on any atom is 0.313 e. The summed E-state index contributed by atoms with van der Waals surface area (Å²) >= 11 is 0. The van der Waals surface area contributed by atoms with Crippen LogP contribution in [0.25, 0.3) is 0 Å². The second-order valence-corrected chi connectivity index (χ2v) is 3.36. The molecule has 0 fully saturated rings. The molecule has 0 saturated carbocycles. The Bertz CT molecular complexity index is 468. The first kappa shape index (κ1) is 13.6. The van der Waals surface area contributed by atoms with E-state index in [0.717, 1.165) is 0 Å². The SMILES string of the molecule is CCOC(=O)CC(N)=Nc1ccc([N+](=O)[O-])cc1. The number of nitro groups is 1. The summed E-state index contributed by atoms with van der Waals surface area (Å²) in [5.74, 6) is -0.358. The van der Waals surface area contributed by atoms with Gasteiger partial charge in [0, 0.05) is 12.1 Å². The summed E-state index contributed by atoms with van der Waals surface area (Å²) < 4.78 is 4.71. The Morgan fingerprint density at radius 3 is 2.56 bits per heavy atom. The van der Waals surface area contributed by atoms with Crippen molar-refractivity contribution in [2.45, 2.75) is 13.3 Å². The zero-order chi connectivity index (χ0) is 13.5. The van der Waals surface area contributed by atoms with Crippen molar-refractivity contribution < 1.29 is 14.5 Å². The molecule has 96 valence electrons. The van der Waals surface area contributed by atoms with Crippen LogP contribution in [0.2, 0.25) is 0 Å². The van der Waals surface area contributed by atoms with Gasteiger partial charge < -0.3 is 10.5 Å². The summed E-state index contributed by atoms with van der Waals surface area (Å²) in [6, 6.07) is 5.54. The first-order valence-corrected chi connectivity index (χ1v) is 5.26. The van der Waals surface area contributed by atoms with Crippen LogP contribution in [-0.2, 0) is 9.53 Å². The standard InChI is InChI=1S/C11H13N3O4/c1-2-18-11(15)7-10(12)13-8-3-5-9(6-4-8)14(16)17/h3-6H,2,7H2,1H3,(H2,12,13). The molecule has 0 bridgehead atoms. The van der Waals surface area contributed by atoms with Crippen molar-refractivity contribution in [1.82, 2.24) is 0 Å². The largest absolute Gasteiger partial charge is 0.466 e. The predicted molar refractivity (Wildman–Crippen MR) is 65.6 cm³/mol. The molecule has 1 rings (SSSR count). The lowest BCUT2D eigenvalue weighted by Crippen LogP contribution is -2.18. The number of nitrogens with zero attached hydrogens (tertiary/aromatic N) is 2. The highest BCUT2D eigenvalue weighted by atomic mass is 16.6. The third kappa shape index (κ3) is 4.20. The molecule has 0 aromatic heterocycles. The highest BCUT2D eigenvalue weighted by Gasteiger charge is 2.06. The van der Waals surface area contributed by atoms with E-state index in [1.807, 2.05) is 0 Å². The highest BCUT2D eigenvalue weighted by molar-refractivity contribution is 5.97. The van der Waals surface area contributed by atoms with Gasteiger partial charge in [-0.1, -0.05) is 0 Å². The van der Waals surface area contributed by atoms with E-state index in [0.29, 0.717) is 5.69 Å². The van der Waals surface area contributed by atoms with Crippen LogP contribution in [0.5, 0.6) is 0 Å². The van der Waals surface area contributed by atoms with E-state index < -0.39 is 10.9 Å². The van der Waals surface area contributed by atoms with Crippen molar-refractivity contribution in [2.75, 3.05) is 6.61 Å². The Balaban J connectivity index is 2.70. The average molecular weight is 251 g/mol. The first-order chi connectivity index (χ1) is 8.52. The van der Waals surface area contributed by atoms with Crippen molar-refractivity contribution in [3.05, 3.63) is 34.4 Å². The van der Waals surface area contributed by atoms with Crippen LogP contribution in [0.4, 0.5) is 11.4 Å². The molecule has 0 spiro atoms. The van der Waals surface area contributed by atoms with Gasteiger partial charge in [0.15, 0.2) is 0 Å². The smallest absolute Gasteiger partial charge is 0.313 e. The van der Waals surface area contributed by atoms with Crippen LogP contribution < -0.4 is 5.73 Å². The fourth-order valence-electron chi connectivity index (χ4n) is 1.21. The minimum Gasteiger partial charge on any atom is -0.466 e. The molecule has 0 aliphatic heterocycles. The quantitative estimate of drug-likeness (QED) is 0.281. The van der Waals surface area contributed by atoms with Crippen LogP contribution in [0.15, 0.2) is 29.3 Å². The van der Waals surface area contributed by atoms with Gasteiger partial charge in [-0.05, 0) is 19.1 Å². The summed E-state index contributed by atoms with van der Waals surface area (Å²) in [5, 5.41) is 10.4. The van der Waals surface area contributed by atoms with Crippen LogP contribution in [0.1, 0.15) is 13.3 Å². The molecule has 0 aliphatic rings. The monoisotopic (exact) mass is 251 g/mol. The van der Waals surface area contributed by atoms with E-state index in [4.69, 9.17) is 10.5 Å². The van der Waals surface area contributed by atoms with E-state index in [1.165, 1.54) is 24.3 Å². The number of hydrogen-bond acceptors (Lipinski definition) is 5. The number of aliphatic imine (C=N–C) groups is 1. The number of benzene rings is 1. The van der Waals surface area contributed by atoms with Gasteiger partial charge in [-0.2, -0.15) is 0 Å². The molecule has 7 heteroatoms. The van der Waals surface area contributed by atoms with E-state index in [2.05, 4.69) is 4.99 Å². The minimum atomic E-state index is -0.504. The van der Waals surface area contributed by atoms with Crippen molar-refractivity contribution in [3.8, 4) is 0 Å². The van der Waals surface area contributed by atoms with E-state index in [-0.39, 0.29) is 24.6 Å². The zero-order valence-corrected chi connectivity index (χ0v) is 9.83. The normalized spacial score (nSPS) is 11.1. The van der Waals surface area contributed by atoms with Gasteiger partial charge in [0.1, 0.15) is 12.3 Å². The lowest BCUT2D eigenvalue weighted by atomic mass is 10.3. The Labute approximate surface area is 103 Å². The molecule has 0 unspecified atom stereocenters. The molecular formula is C11H13N3O4. The second kappa shape index (κ2) is 6.33. The number of ether oxygens (including phenoxy) is 1. The fraction of sp³-hybridized carbons (Fsp3) is 0.273. The number of amidine groups is 1. The van der Waals surface area contributed by atoms with E-state index in [1.54, 1.807) is 6.92 Å². The lowest BCUT2D eigenvalue weighted by molar-refractivity contribution is -0.384. The highest BCUT2D eigenvalue weighted by Crippen LogP contribution is 2.17. The fourth-order valence-corrected chi connectivity index (χ4v) is 1.21. The van der Waals surface area contributed by atoms with Crippen LogP contribution in [0.3, 0.4) is 0 Å². The summed E-state index contributed by atoms with van der Waals surface area (Å²) in [5.41, 5.74) is 5.97. The van der Waals surface area contributed by atoms with Gasteiger partial charge in [-0.15, -0.1) is 0 Å². The van der Waals surface area contributed by atoms with Gasteiger partial charge >= 0.3 is 5.97 Å². The van der Waals surface area contributed by atoms with Crippen LogP contribution in [-0.4, -0.2) is 23.3 Å². The van der Waals surface area contributed by atoms with Gasteiger partial charge in [0.2, 0.25) is 0 Å². The van der Waals surface area contributed by atoms with Crippen molar-refractivity contribution in [1.29, 1.82) is 0 Å². The van der Waals surface area contributed by atoms with Gasteiger partial charge in [0.25, 0.3) is 5.69 Å². The zero-order valence-electron chi connectivity index (χ0n) is 9.83. The molecular weight excluding hydrogens is 238 g/mol. The first-order valence-electron chi connectivity index (χ1n) is 5.26. The Kier molecular flexibility index (Phi) is 4.79. The summed E-state index contributed by atoms with van der Waals surface area (Å²) in [6.07, 6.45) is -0.106. The van der Waals surface area contributed by atoms with E-state index >= 15 is 0 Å². The third-order valence-electron chi connectivity index (χ3n) is 1.96. The molecule has 2 N–H and O–H groups in total. The summed E-state index contributed by atoms with van der Waals surface area (Å²) in [4.78, 5) is 25.0. The number of nitro benzene ring substituents is 1. The predicted octanol–water partition coefficient (Wildman–Crippen LogP) is 1.54. The summed E-state index contributed by atoms with van der Waals surface area (Å²) in [7, 11) is 0. The Morgan fingerprint density at radius 2 is 2.06 bits per heavy atom. The molecule has 0 saturated heterocycles. The summed E-state index contributed by atoms with van der Waals surface area (Å²) in [6.45, 7) is 1.98. The number of rotatable bonds is 5. The van der Waals surface area contributed by atoms with Crippen molar-refractivity contribution in [2.24, 2.45) is 10.7 Å². The molecule has 18 heavy (non-hydrogen) atoms. The molecule has 1 aromatic carbocycles. The van der Waals surface area contributed by atoms with Gasteiger partial charge in [-0.3, -0.25) is 14.9 Å². The Hall–Kier alpha value is -2.44. The van der Waals surface area contributed by atoms with E-state index in [9.17, 15) is 14.9 Å². The minimum absolute atomic E-state index is 0.0297.